The fourth-order valence-corrected chi connectivity index (χ4v) is 7.45. The van der Waals surface area contributed by atoms with Gasteiger partial charge >= 0.3 is 18.2 Å². The van der Waals surface area contributed by atoms with Crippen LogP contribution in [0.15, 0.2) is 89.8 Å². The highest BCUT2D eigenvalue weighted by Gasteiger charge is 2.34. The van der Waals surface area contributed by atoms with E-state index >= 15 is 0 Å². The third-order valence-corrected chi connectivity index (χ3v) is 10.5. The number of nitrogen functional groups attached to an aromatic ring is 1. The van der Waals surface area contributed by atoms with Crippen LogP contribution < -0.4 is 21.7 Å². The Morgan fingerprint density at radius 2 is 1.40 bits per heavy atom. The van der Waals surface area contributed by atoms with E-state index in [0.717, 1.165) is 11.1 Å². The van der Waals surface area contributed by atoms with E-state index in [4.69, 9.17) is 19.9 Å². The summed E-state index contributed by atoms with van der Waals surface area (Å²) in [6.45, 7) is 7.35. The molecule has 0 aromatic heterocycles. The van der Waals surface area contributed by atoms with Gasteiger partial charge in [0.2, 0.25) is 15.9 Å². The van der Waals surface area contributed by atoms with E-state index in [1.54, 1.807) is 13.8 Å². The van der Waals surface area contributed by atoms with Gasteiger partial charge < -0.3 is 35.9 Å². The molecule has 0 aliphatic rings. The average molecular weight is 782 g/mol. The van der Waals surface area contributed by atoms with Crippen LogP contribution in [0.25, 0.3) is 0 Å². The molecule has 0 saturated heterocycles. The number of carbonyl (C=O) groups is 4. The molecule has 0 spiro atoms. The van der Waals surface area contributed by atoms with Crippen LogP contribution in [-0.4, -0.2) is 81.7 Å². The van der Waals surface area contributed by atoms with Crippen molar-refractivity contribution in [3.8, 4) is 0 Å². The van der Waals surface area contributed by atoms with Crippen LogP contribution in [0.2, 0.25) is 0 Å². The molecule has 15 heteroatoms. The molecule has 14 nitrogen and oxygen atoms in total. The summed E-state index contributed by atoms with van der Waals surface area (Å²) in [6.07, 6.45) is -0.109. The molecule has 0 radical (unpaired) electrons. The highest BCUT2D eigenvalue weighted by Crippen LogP contribution is 2.24. The van der Waals surface area contributed by atoms with Gasteiger partial charge in [-0.05, 0) is 66.5 Å². The molecule has 3 atom stereocenters. The number of sulfonamides is 1. The number of benzene rings is 3. The zero-order valence-electron chi connectivity index (χ0n) is 32.2. The Morgan fingerprint density at radius 1 is 0.782 bits per heavy atom. The summed E-state index contributed by atoms with van der Waals surface area (Å²) in [5.74, 6) is -1.60. The molecule has 3 rings (SSSR count). The number of carbonyl (C=O) groups excluding carboxylic acids is 4. The van der Waals surface area contributed by atoms with Crippen molar-refractivity contribution in [3.63, 3.8) is 0 Å². The zero-order valence-corrected chi connectivity index (χ0v) is 33.1. The zero-order chi connectivity index (χ0) is 40.4. The Bertz CT molecular complexity index is 1760. The molecule has 0 saturated carbocycles. The molecule has 0 fully saturated rings. The van der Waals surface area contributed by atoms with Gasteiger partial charge in [0, 0.05) is 25.2 Å². The summed E-state index contributed by atoms with van der Waals surface area (Å²) in [5.41, 5.74) is 7.88. The predicted octanol–water partition coefficient (Wildman–Crippen LogP) is 5.03. The molecular formula is C40H55N5O9S. The maximum absolute atomic E-state index is 14.1. The van der Waals surface area contributed by atoms with Gasteiger partial charge in [0.25, 0.3) is 0 Å². The van der Waals surface area contributed by atoms with E-state index in [2.05, 4.69) is 16.0 Å². The minimum absolute atomic E-state index is 0.0116. The number of ether oxygens (including phenoxy) is 3. The monoisotopic (exact) mass is 781 g/mol. The summed E-state index contributed by atoms with van der Waals surface area (Å²) < 4.78 is 45.4. The van der Waals surface area contributed by atoms with E-state index in [9.17, 15) is 27.6 Å². The number of nitrogens with zero attached hydrogens (tertiary/aromatic N) is 1. The molecule has 3 amide bonds. The van der Waals surface area contributed by atoms with Crippen LogP contribution >= 0.6 is 0 Å². The Morgan fingerprint density at radius 3 is 1.98 bits per heavy atom. The topological polar surface area (TPSA) is 195 Å². The maximum atomic E-state index is 14.1. The number of esters is 1. The van der Waals surface area contributed by atoms with Crippen molar-refractivity contribution >= 4 is 39.8 Å². The first-order valence-corrected chi connectivity index (χ1v) is 19.8. The van der Waals surface area contributed by atoms with Gasteiger partial charge in [0.15, 0.2) is 0 Å². The standard InChI is InChI=1S/C40H55N5O9S/c1-28(2)25-45(55(50,51)34-21-19-32(41)20-22-34)33(27-53-38(47)36(29(3)4)44-40(49)54-26-31-16-10-7-11-17-31)18-12-13-23-42-37(46)35(43-39(48)52-5)24-30-14-8-6-9-15-30/h6-11,14-17,19-22,28-29,33,35-36H,12-13,18,23-27,41H2,1-5H3,(H,42,46)(H,43,48)(H,44,49)/t33-,35-,36-/m0/s1. The molecule has 55 heavy (non-hydrogen) atoms. The Kier molecular flexibility index (Phi) is 17.9. The molecule has 3 aromatic carbocycles. The number of rotatable bonds is 21. The fraction of sp³-hybridized carbons (Fsp3) is 0.450. The van der Waals surface area contributed by atoms with Gasteiger partial charge in [0.1, 0.15) is 25.3 Å². The highest BCUT2D eigenvalue weighted by molar-refractivity contribution is 7.89. The van der Waals surface area contributed by atoms with Crippen molar-refractivity contribution in [2.24, 2.45) is 11.8 Å². The third kappa shape index (κ3) is 14.9. The second-order valence-corrected chi connectivity index (χ2v) is 15.8. The molecule has 0 aliphatic heterocycles. The number of nitrogens with one attached hydrogen (secondary N) is 3. The van der Waals surface area contributed by atoms with Crippen molar-refractivity contribution in [3.05, 3.63) is 96.1 Å². The predicted molar refractivity (Wildman–Crippen MR) is 209 cm³/mol. The minimum Gasteiger partial charge on any atom is -0.462 e. The average Bonchev–Trinajstić information content (AvgIpc) is 3.16. The normalized spacial score (nSPS) is 13.1. The summed E-state index contributed by atoms with van der Waals surface area (Å²) in [7, 11) is -2.87. The maximum Gasteiger partial charge on any atom is 0.408 e. The number of amides is 3. The molecule has 0 heterocycles. The first-order valence-electron chi connectivity index (χ1n) is 18.4. The van der Waals surface area contributed by atoms with E-state index in [1.165, 1.54) is 35.7 Å². The quantitative estimate of drug-likeness (QED) is 0.0493. The number of hydrogen-bond acceptors (Lipinski definition) is 10. The van der Waals surface area contributed by atoms with E-state index in [0.29, 0.717) is 18.5 Å². The molecule has 0 bridgehead atoms. The van der Waals surface area contributed by atoms with Crippen LogP contribution in [0.4, 0.5) is 15.3 Å². The number of hydrogen-bond donors (Lipinski definition) is 4. The van der Waals surface area contributed by atoms with Gasteiger partial charge in [-0.15, -0.1) is 0 Å². The summed E-state index contributed by atoms with van der Waals surface area (Å²) in [4.78, 5) is 51.3. The SMILES string of the molecule is COC(=O)N[C@@H](Cc1ccccc1)C(=O)NCCCC[C@@H](COC(=O)[C@@H](NC(=O)OCc1ccccc1)C(C)C)N(CC(C)C)S(=O)(=O)c1ccc(N)cc1. The molecule has 0 unspecified atom stereocenters. The molecule has 3 aromatic rings. The van der Waals surface area contributed by atoms with Gasteiger partial charge in [-0.2, -0.15) is 4.31 Å². The van der Waals surface area contributed by atoms with Crippen LogP contribution in [0, 0.1) is 11.8 Å². The smallest absolute Gasteiger partial charge is 0.408 e. The van der Waals surface area contributed by atoms with E-state index in [-0.39, 0.29) is 55.9 Å². The number of unbranched alkanes of at least 4 members (excludes halogenated alkanes) is 1. The largest absolute Gasteiger partial charge is 0.462 e. The Hall–Kier alpha value is -5.15. The van der Waals surface area contributed by atoms with E-state index in [1.807, 2.05) is 74.5 Å². The second kappa shape index (κ2) is 22.3. The van der Waals surface area contributed by atoms with Crippen LogP contribution in [0.3, 0.4) is 0 Å². The van der Waals surface area contributed by atoms with Crippen molar-refractivity contribution in [1.82, 2.24) is 20.3 Å². The number of alkyl carbamates (subject to hydrolysis) is 2. The lowest BCUT2D eigenvalue weighted by atomic mass is 10.0. The van der Waals surface area contributed by atoms with Gasteiger partial charge in [-0.25, -0.2) is 22.8 Å². The summed E-state index contributed by atoms with van der Waals surface area (Å²) in [6, 6.07) is 21.5. The number of nitrogens with two attached hydrogens (primary N) is 1. The van der Waals surface area contributed by atoms with Crippen LogP contribution in [-0.2, 0) is 46.9 Å². The molecular weight excluding hydrogens is 727 g/mol. The first kappa shape index (κ1) is 44.2. The van der Waals surface area contributed by atoms with Crippen LogP contribution in [0.5, 0.6) is 0 Å². The lowest BCUT2D eigenvalue weighted by Gasteiger charge is -2.32. The summed E-state index contributed by atoms with van der Waals surface area (Å²) in [5, 5.41) is 8.02. The fourth-order valence-electron chi connectivity index (χ4n) is 5.65. The van der Waals surface area contributed by atoms with Gasteiger partial charge in [-0.1, -0.05) is 88.4 Å². The number of methoxy groups -OCH3 is 1. The van der Waals surface area contributed by atoms with Gasteiger partial charge in [0.05, 0.1) is 18.0 Å². The molecule has 5 N–H and O–H groups in total. The first-order chi connectivity index (χ1) is 26.2. The van der Waals surface area contributed by atoms with Crippen molar-refractivity contribution < 1.29 is 41.8 Å². The third-order valence-electron chi connectivity index (χ3n) is 8.60. The molecule has 0 aliphatic carbocycles. The number of anilines is 1. The Balaban J connectivity index is 1.74. The summed E-state index contributed by atoms with van der Waals surface area (Å²) >= 11 is 0. The van der Waals surface area contributed by atoms with Crippen LogP contribution in [0.1, 0.15) is 58.1 Å². The van der Waals surface area contributed by atoms with Crippen molar-refractivity contribution in [2.75, 3.05) is 32.5 Å². The second-order valence-electron chi connectivity index (χ2n) is 13.9. The van der Waals surface area contributed by atoms with Crippen molar-refractivity contribution in [2.45, 2.75) is 83.0 Å². The lowest BCUT2D eigenvalue weighted by molar-refractivity contribution is -0.148. The Labute approximate surface area is 324 Å². The highest BCUT2D eigenvalue weighted by atomic mass is 32.2. The minimum atomic E-state index is -4.09. The van der Waals surface area contributed by atoms with E-state index < -0.39 is 52.2 Å². The van der Waals surface area contributed by atoms with Gasteiger partial charge in [-0.3, -0.25) is 4.79 Å². The molecule has 300 valence electrons. The lowest BCUT2D eigenvalue weighted by Crippen LogP contribution is -2.49. The van der Waals surface area contributed by atoms with Crippen molar-refractivity contribution in [1.29, 1.82) is 0 Å².